The Morgan fingerprint density at radius 3 is 1.79 bits per heavy atom. The van der Waals surface area contributed by atoms with Crippen molar-refractivity contribution in [3.05, 3.63) is 101 Å². The van der Waals surface area contributed by atoms with Crippen LogP contribution < -0.4 is 4.74 Å². The third-order valence-electron chi connectivity index (χ3n) is 3.44. The summed E-state index contributed by atoms with van der Waals surface area (Å²) in [6, 6.07) is 20.2. The molecule has 0 fully saturated rings. The van der Waals surface area contributed by atoms with Gasteiger partial charge < -0.3 is 4.74 Å². The first-order valence-electron chi connectivity index (χ1n) is 7.31. The molecule has 0 aliphatic heterocycles. The number of carbonyl (C=O) groups excluding carboxylic acids is 2. The van der Waals surface area contributed by atoms with Crippen LogP contribution in [0.5, 0.6) is 5.75 Å². The maximum atomic E-state index is 12.9. The molecule has 0 bridgehead atoms. The first-order chi connectivity index (χ1) is 11.6. The van der Waals surface area contributed by atoms with E-state index in [1.165, 1.54) is 24.3 Å². The van der Waals surface area contributed by atoms with Crippen LogP contribution in [0.25, 0.3) is 0 Å². The van der Waals surface area contributed by atoms with Gasteiger partial charge in [-0.05, 0) is 60.7 Å². The molecular weight excluding hydrogens is 307 g/mol. The highest BCUT2D eigenvalue weighted by Crippen LogP contribution is 2.17. The van der Waals surface area contributed by atoms with Crippen molar-refractivity contribution >= 4 is 11.8 Å². The predicted octanol–water partition coefficient (Wildman–Crippen LogP) is 4.28. The van der Waals surface area contributed by atoms with E-state index in [0.717, 1.165) is 0 Å². The van der Waals surface area contributed by atoms with Crippen molar-refractivity contribution in [3.8, 4) is 5.75 Å². The normalized spacial score (nSPS) is 10.2. The summed E-state index contributed by atoms with van der Waals surface area (Å²) in [6.45, 7) is 0. The summed E-state index contributed by atoms with van der Waals surface area (Å²) in [5.74, 6) is -0.738. The number of benzene rings is 3. The summed E-state index contributed by atoms with van der Waals surface area (Å²) in [5, 5.41) is 0. The summed E-state index contributed by atoms with van der Waals surface area (Å²) < 4.78 is 18.2. The number of esters is 1. The molecular formula is C20H13FO3. The van der Waals surface area contributed by atoms with Gasteiger partial charge in [-0.2, -0.15) is 0 Å². The van der Waals surface area contributed by atoms with Gasteiger partial charge in [-0.3, -0.25) is 4.79 Å². The molecule has 0 atom stereocenters. The SMILES string of the molecule is O=C(Oc1ccc(C(=O)c2ccc(F)cc2)cc1)c1ccccc1. The minimum absolute atomic E-state index is 0.226. The van der Waals surface area contributed by atoms with Gasteiger partial charge >= 0.3 is 5.97 Å². The summed E-state index contributed by atoms with van der Waals surface area (Å²) in [6.07, 6.45) is 0. The Labute approximate surface area is 138 Å². The number of ketones is 1. The lowest BCUT2D eigenvalue weighted by Gasteiger charge is -2.06. The molecule has 0 N–H and O–H groups in total. The minimum atomic E-state index is -0.465. The number of rotatable bonds is 4. The first-order valence-corrected chi connectivity index (χ1v) is 7.31. The van der Waals surface area contributed by atoms with Crippen LogP contribution in [0, 0.1) is 5.82 Å². The zero-order valence-electron chi connectivity index (χ0n) is 12.6. The number of carbonyl (C=O) groups is 2. The van der Waals surface area contributed by atoms with Crippen molar-refractivity contribution < 1.29 is 18.7 Å². The van der Waals surface area contributed by atoms with Crippen LogP contribution >= 0.6 is 0 Å². The van der Waals surface area contributed by atoms with Crippen LogP contribution in [-0.2, 0) is 0 Å². The Balaban J connectivity index is 1.72. The van der Waals surface area contributed by atoms with Gasteiger partial charge in [0.1, 0.15) is 11.6 Å². The van der Waals surface area contributed by atoms with E-state index < -0.39 is 11.8 Å². The summed E-state index contributed by atoms with van der Waals surface area (Å²) >= 11 is 0. The van der Waals surface area contributed by atoms with E-state index in [1.807, 2.05) is 6.07 Å². The lowest BCUT2D eigenvalue weighted by atomic mass is 10.0. The quantitative estimate of drug-likeness (QED) is 0.409. The van der Waals surface area contributed by atoms with E-state index >= 15 is 0 Å². The molecule has 0 saturated heterocycles. The highest BCUT2D eigenvalue weighted by molar-refractivity contribution is 6.09. The fourth-order valence-corrected chi connectivity index (χ4v) is 2.18. The fraction of sp³-hybridized carbons (Fsp3) is 0. The highest BCUT2D eigenvalue weighted by atomic mass is 19.1. The molecule has 3 aromatic rings. The Morgan fingerprint density at radius 1 is 0.667 bits per heavy atom. The summed E-state index contributed by atoms with van der Waals surface area (Å²) in [7, 11) is 0. The molecule has 0 radical (unpaired) electrons. The molecule has 0 spiro atoms. The summed E-state index contributed by atoms with van der Waals surface area (Å²) in [5.41, 5.74) is 1.27. The van der Waals surface area contributed by atoms with Gasteiger partial charge in [0, 0.05) is 11.1 Å². The molecule has 0 unspecified atom stereocenters. The average molecular weight is 320 g/mol. The average Bonchev–Trinajstić information content (AvgIpc) is 2.63. The standard InChI is InChI=1S/C20H13FO3/c21-17-10-6-14(7-11-17)19(22)15-8-12-18(13-9-15)24-20(23)16-4-2-1-3-5-16/h1-13H. The van der Waals surface area contributed by atoms with Gasteiger partial charge in [0.15, 0.2) is 5.78 Å². The number of ether oxygens (including phenoxy) is 1. The second kappa shape index (κ2) is 6.87. The molecule has 0 heterocycles. The third kappa shape index (κ3) is 3.55. The minimum Gasteiger partial charge on any atom is -0.423 e. The molecule has 118 valence electrons. The van der Waals surface area contributed by atoms with Crippen LogP contribution in [0.4, 0.5) is 4.39 Å². The van der Waals surface area contributed by atoms with Gasteiger partial charge in [0.05, 0.1) is 5.56 Å². The van der Waals surface area contributed by atoms with Crippen LogP contribution in [-0.4, -0.2) is 11.8 Å². The number of hydrogen-bond acceptors (Lipinski definition) is 3. The third-order valence-corrected chi connectivity index (χ3v) is 3.44. The molecule has 24 heavy (non-hydrogen) atoms. The predicted molar refractivity (Wildman–Crippen MR) is 87.7 cm³/mol. The smallest absolute Gasteiger partial charge is 0.343 e. The monoisotopic (exact) mass is 320 g/mol. The number of hydrogen-bond donors (Lipinski definition) is 0. The molecule has 0 aliphatic carbocycles. The van der Waals surface area contributed by atoms with Gasteiger partial charge in [0.25, 0.3) is 0 Å². The largest absolute Gasteiger partial charge is 0.423 e. The maximum absolute atomic E-state index is 12.9. The second-order valence-electron chi connectivity index (χ2n) is 5.12. The van der Waals surface area contributed by atoms with Crippen molar-refractivity contribution in [1.29, 1.82) is 0 Å². The van der Waals surface area contributed by atoms with Crippen LogP contribution in [0.3, 0.4) is 0 Å². The Bertz CT molecular complexity index is 854. The van der Waals surface area contributed by atoms with E-state index in [4.69, 9.17) is 4.74 Å². The molecule has 0 saturated carbocycles. The Hall–Kier alpha value is -3.27. The summed E-state index contributed by atoms with van der Waals surface area (Å²) in [4.78, 5) is 24.2. The topological polar surface area (TPSA) is 43.4 Å². The Morgan fingerprint density at radius 2 is 1.21 bits per heavy atom. The Kier molecular flexibility index (Phi) is 4.47. The molecule has 0 amide bonds. The van der Waals surface area contributed by atoms with Crippen LogP contribution in [0.15, 0.2) is 78.9 Å². The molecule has 3 rings (SSSR count). The highest BCUT2D eigenvalue weighted by Gasteiger charge is 2.11. The zero-order valence-corrected chi connectivity index (χ0v) is 12.6. The molecule has 3 aromatic carbocycles. The molecule has 0 aliphatic rings. The second-order valence-corrected chi connectivity index (χ2v) is 5.12. The van der Waals surface area contributed by atoms with E-state index in [1.54, 1.807) is 48.5 Å². The lowest BCUT2D eigenvalue weighted by Crippen LogP contribution is -2.08. The van der Waals surface area contributed by atoms with Crippen LogP contribution in [0.2, 0.25) is 0 Å². The lowest BCUT2D eigenvalue weighted by molar-refractivity contribution is 0.0734. The van der Waals surface area contributed by atoms with Crippen LogP contribution in [0.1, 0.15) is 26.3 Å². The van der Waals surface area contributed by atoms with Crippen molar-refractivity contribution in [2.45, 2.75) is 0 Å². The van der Waals surface area contributed by atoms with E-state index in [-0.39, 0.29) is 5.78 Å². The van der Waals surface area contributed by atoms with Gasteiger partial charge in [0.2, 0.25) is 0 Å². The maximum Gasteiger partial charge on any atom is 0.343 e. The van der Waals surface area contributed by atoms with Crippen molar-refractivity contribution in [2.24, 2.45) is 0 Å². The van der Waals surface area contributed by atoms with Crippen molar-refractivity contribution in [1.82, 2.24) is 0 Å². The van der Waals surface area contributed by atoms with E-state index in [2.05, 4.69) is 0 Å². The molecule has 3 nitrogen and oxygen atoms in total. The molecule has 4 heteroatoms. The number of halogens is 1. The fourth-order valence-electron chi connectivity index (χ4n) is 2.18. The van der Waals surface area contributed by atoms with Crippen molar-refractivity contribution in [3.63, 3.8) is 0 Å². The van der Waals surface area contributed by atoms with E-state index in [0.29, 0.717) is 22.4 Å². The van der Waals surface area contributed by atoms with Gasteiger partial charge in [-0.25, -0.2) is 9.18 Å². The van der Waals surface area contributed by atoms with Crippen molar-refractivity contribution in [2.75, 3.05) is 0 Å². The van der Waals surface area contributed by atoms with Gasteiger partial charge in [-0.15, -0.1) is 0 Å². The van der Waals surface area contributed by atoms with E-state index in [9.17, 15) is 14.0 Å². The van der Waals surface area contributed by atoms with Gasteiger partial charge in [-0.1, -0.05) is 18.2 Å². The first kappa shape index (κ1) is 15.6. The zero-order chi connectivity index (χ0) is 16.9. The molecule has 0 aromatic heterocycles.